The van der Waals surface area contributed by atoms with Crippen LogP contribution in [0.5, 0.6) is 0 Å². The summed E-state index contributed by atoms with van der Waals surface area (Å²) >= 11 is 1.36. The lowest BCUT2D eigenvalue weighted by Crippen LogP contribution is -2.14. The van der Waals surface area contributed by atoms with Crippen LogP contribution < -0.4 is 11.1 Å². The summed E-state index contributed by atoms with van der Waals surface area (Å²) in [4.78, 5) is 20.8. The van der Waals surface area contributed by atoms with Crippen molar-refractivity contribution in [3.63, 3.8) is 0 Å². The van der Waals surface area contributed by atoms with Gasteiger partial charge in [-0.3, -0.25) is 4.79 Å². The van der Waals surface area contributed by atoms with Crippen LogP contribution in [0.25, 0.3) is 0 Å². The minimum atomic E-state index is -0.224. The number of carbonyl (C=O) groups is 1. The van der Waals surface area contributed by atoms with E-state index < -0.39 is 0 Å². The molecule has 0 spiro atoms. The first-order valence-electron chi connectivity index (χ1n) is 5.04. The van der Waals surface area contributed by atoms with Gasteiger partial charge in [0.25, 0.3) is 5.91 Å². The first kappa shape index (κ1) is 11.5. The molecule has 2 aromatic heterocycles. The fraction of sp³-hybridized carbons (Fsp3) is 0.182. The maximum absolute atomic E-state index is 12.0. The van der Waals surface area contributed by atoms with Gasteiger partial charge in [0.15, 0.2) is 5.82 Å². The van der Waals surface area contributed by atoms with Gasteiger partial charge in [-0.15, -0.1) is 11.3 Å². The molecule has 0 unspecified atom stereocenters. The minimum absolute atomic E-state index is 0.224. The van der Waals surface area contributed by atoms with Crippen LogP contribution >= 0.6 is 11.3 Å². The van der Waals surface area contributed by atoms with Crippen LogP contribution in [0, 0.1) is 13.8 Å². The van der Waals surface area contributed by atoms with Crippen LogP contribution in [0.1, 0.15) is 20.4 Å². The smallest absolute Gasteiger partial charge is 0.268 e. The summed E-state index contributed by atoms with van der Waals surface area (Å²) in [6.45, 7) is 3.67. The molecule has 0 atom stereocenters. The summed E-state index contributed by atoms with van der Waals surface area (Å²) in [6, 6.07) is 3.40. The molecule has 0 aliphatic rings. The highest BCUT2D eigenvalue weighted by molar-refractivity contribution is 7.13. The number of pyridine rings is 1. The summed E-state index contributed by atoms with van der Waals surface area (Å²) in [6.07, 6.45) is 1.58. The number of nitrogens with two attached hydrogens (primary N) is 1. The van der Waals surface area contributed by atoms with E-state index >= 15 is 0 Å². The molecule has 3 N–H and O–H groups in total. The lowest BCUT2D eigenvalue weighted by atomic mass is 10.3. The van der Waals surface area contributed by atoms with Gasteiger partial charge in [-0.05, 0) is 26.0 Å². The number of amides is 1. The Kier molecular flexibility index (Phi) is 3.06. The Morgan fingerprint density at radius 2 is 2.24 bits per heavy atom. The van der Waals surface area contributed by atoms with Gasteiger partial charge < -0.3 is 11.1 Å². The number of aryl methyl sites for hydroxylation is 2. The fourth-order valence-corrected chi connectivity index (χ4v) is 2.24. The number of hydrogen-bond donors (Lipinski definition) is 2. The summed E-state index contributed by atoms with van der Waals surface area (Å²) in [7, 11) is 0. The number of rotatable bonds is 2. The molecular weight excluding hydrogens is 236 g/mol. The highest BCUT2D eigenvalue weighted by Crippen LogP contribution is 2.20. The van der Waals surface area contributed by atoms with Crippen LogP contribution in [0.15, 0.2) is 18.3 Å². The van der Waals surface area contributed by atoms with Gasteiger partial charge in [-0.25, -0.2) is 9.97 Å². The van der Waals surface area contributed by atoms with E-state index in [2.05, 4.69) is 15.3 Å². The Bertz CT molecular complexity index is 564. The van der Waals surface area contributed by atoms with E-state index in [0.717, 1.165) is 10.7 Å². The molecule has 0 aliphatic carbocycles. The Morgan fingerprint density at radius 1 is 1.47 bits per heavy atom. The van der Waals surface area contributed by atoms with Crippen molar-refractivity contribution < 1.29 is 4.79 Å². The van der Waals surface area contributed by atoms with Gasteiger partial charge >= 0.3 is 0 Å². The zero-order valence-corrected chi connectivity index (χ0v) is 10.3. The molecule has 5 nitrogen and oxygen atoms in total. The van der Waals surface area contributed by atoms with Crippen LogP contribution in [-0.2, 0) is 0 Å². The van der Waals surface area contributed by atoms with Gasteiger partial charge in [0, 0.05) is 6.20 Å². The first-order valence-corrected chi connectivity index (χ1v) is 5.85. The third-order valence-electron chi connectivity index (χ3n) is 2.18. The van der Waals surface area contributed by atoms with Crippen molar-refractivity contribution in [2.75, 3.05) is 11.1 Å². The van der Waals surface area contributed by atoms with Crippen molar-refractivity contribution in [1.29, 1.82) is 0 Å². The highest BCUT2D eigenvalue weighted by atomic mass is 32.1. The highest BCUT2D eigenvalue weighted by Gasteiger charge is 2.15. The van der Waals surface area contributed by atoms with Gasteiger partial charge in [0.1, 0.15) is 4.88 Å². The van der Waals surface area contributed by atoms with E-state index in [4.69, 9.17) is 5.73 Å². The van der Waals surface area contributed by atoms with Gasteiger partial charge in [-0.2, -0.15) is 0 Å². The molecule has 1 amide bonds. The van der Waals surface area contributed by atoms with E-state index in [1.165, 1.54) is 11.3 Å². The molecule has 0 radical (unpaired) electrons. The lowest BCUT2D eigenvalue weighted by molar-refractivity contribution is 0.102. The molecule has 88 valence electrons. The normalized spacial score (nSPS) is 10.2. The van der Waals surface area contributed by atoms with Crippen molar-refractivity contribution in [1.82, 2.24) is 9.97 Å². The quantitative estimate of drug-likeness (QED) is 0.851. The standard InChI is InChI=1S/C11H12N4OS/c1-6-9(17-7(2)14-6)11(16)15-10-8(12)4-3-5-13-10/h3-5H,12H2,1-2H3,(H,13,15,16). The second-order valence-electron chi connectivity index (χ2n) is 3.54. The largest absolute Gasteiger partial charge is 0.396 e. The zero-order valence-electron chi connectivity index (χ0n) is 9.52. The summed E-state index contributed by atoms with van der Waals surface area (Å²) in [5, 5.41) is 3.54. The van der Waals surface area contributed by atoms with E-state index in [9.17, 15) is 4.79 Å². The maximum Gasteiger partial charge on any atom is 0.268 e. The minimum Gasteiger partial charge on any atom is -0.396 e. The van der Waals surface area contributed by atoms with Crippen LogP contribution in [-0.4, -0.2) is 15.9 Å². The van der Waals surface area contributed by atoms with Crippen molar-refractivity contribution >= 4 is 28.7 Å². The number of anilines is 2. The van der Waals surface area contributed by atoms with Crippen LogP contribution in [0.4, 0.5) is 11.5 Å². The molecule has 6 heteroatoms. The Labute approximate surface area is 103 Å². The summed E-state index contributed by atoms with van der Waals surface area (Å²) in [5.41, 5.74) is 6.87. The van der Waals surface area contributed by atoms with Gasteiger partial charge in [0.05, 0.1) is 16.4 Å². The molecule has 0 saturated carbocycles. The SMILES string of the molecule is Cc1nc(C)c(C(=O)Nc2ncccc2N)s1. The molecule has 0 aliphatic heterocycles. The zero-order chi connectivity index (χ0) is 12.4. The number of carbonyl (C=O) groups excluding carboxylic acids is 1. The summed E-state index contributed by atoms with van der Waals surface area (Å²) in [5.74, 6) is 0.154. The van der Waals surface area contributed by atoms with E-state index in [-0.39, 0.29) is 5.91 Å². The average molecular weight is 248 g/mol. The molecule has 0 aromatic carbocycles. The Hall–Kier alpha value is -1.95. The van der Waals surface area contributed by atoms with Crippen LogP contribution in [0.3, 0.4) is 0 Å². The number of hydrogen-bond acceptors (Lipinski definition) is 5. The predicted molar refractivity (Wildman–Crippen MR) is 68.2 cm³/mol. The topological polar surface area (TPSA) is 80.9 Å². The number of nitrogens with zero attached hydrogens (tertiary/aromatic N) is 2. The molecular formula is C11H12N4OS. The average Bonchev–Trinajstić information content (AvgIpc) is 2.61. The first-order chi connectivity index (χ1) is 8.08. The molecule has 0 saturated heterocycles. The van der Waals surface area contributed by atoms with Crippen molar-refractivity contribution in [2.24, 2.45) is 0 Å². The van der Waals surface area contributed by atoms with E-state index in [1.807, 2.05) is 6.92 Å². The molecule has 0 bridgehead atoms. The molecule has 2 rings (SSSR count). The van der Waals surface area contributed by atoms with Crippen LogP contribution in [0.2, 0.25) is 0 Å². The maximum atomic E-state index is 12.0. The molecule has 17 heavy (non-hydrogen) atoms. The van der Waals surface area contributed by atoms with E-state index in [1.54, 1.807) is 25.3 Å². The van der Waals surface area contributed by atoms with Crippen molar-refractivity contribution in [2.45, 2.75) is 13.8 Å². The van der Waals surface area contributed by atoms with E-state index in [0.29, 0.717) is 16.4 Å². The lowest BCUT2D eigenvalue weighted by Gasteiger charge is -2.05. The molecule has 0 fully saturated rings. The van der Waals surface area contributed by atoms with Crippen molar-refractivity contribution in [3.05, 3.63) is 33.9 Å². The van der Waals surface area contributed by atoms with Gasteiger partial charge in [0.2, 0.25) is 0 Å². The predicted octanol–water partition coefficient (Wildman–Crippen LogP) is 1.99. The number of thiazole rings is 1. The second-order valence-corrected chi connectivity index (χ2v) is 4.75. The Balaban J connectivity index is 2.23. The third-order valence-corrected chi connectivity index (χ3v) is 3.25. The second kappa shape index (κ2) is 4.50. The monoisotopic (exact) mass is 248 g/mol. The third kappa shape index (κ3) is 2.42. The molecule has 2 heterocycles. The van der Waals surface area contributed by atoms with Gasteiger partial charge in [-0.1, -0.05) is 0 Å². The number of nitrogen functional groups attached to an aromatic ring is 1. The molecule has 2 aromatic rings. The van der Waals surface area contributed by atoms with Crippen molar-refractivity contribution in [3.8, 4) is 0 Å². The number of aromatic nitrogens is 2. The Morgan fingerprint density at radius 3 is 2.82 bits per heavy atom. The summed E-state index contributed by atoms with van der Waals surface area (Å²) < 4.78 is 0. The number of nitrogens with one attached hydrogen (secondary N) is 1. The fourth-order valence-electron chi connectivity index (χ4n) is 1.43.